The second-order valence-corrected chi connectivity index (χ2v) is 8.25. The van der Waals surface area contributed by atoms with Gasteiger partial charge in [0.25, 0.3) is 5.91 Å². The van der Waals surface area contributed by atoms with E-state index in [1.807, 2.05) is 23.6 Å². The van der Waals surface area contributed by atoms with E-state index in [2.05, 4.69) is 20.9 Å². The van der Waals surface area contributed by atoms with Crippen LogP contribution in [0, 0.1) is 0 Å². The van der Waals surface area contributed by atoms with E-state index < -0.39 is 0 Å². The summed E-state index contributed by atoms with van der Waals surface area (Å²) < 4.78 is 5.71. The van der Waals surface area contributed by atoms with Crippen molar-refractivity contribution >= 4 is 39.9 Å². The molecule has 1 aliphatic rings. The van der Waals surface area contributed by atoms with Crippen molar-refractivity contribution in [1.82, 2.24) is 10.3 Å². The highest BCUT2D eigenvalue weighted by atomic mass is 32.1. The molecule has 0 saturated heterocycles. The minimum absolute atomic E-state index is 0.0884. The molecule has 4 rings (SSSR count). The number of carbonyl (C=O) groups is 3. The van der Waals surface area contributed by atoms with Crippen LogP contribution in [-0.4, -0.2) is 29.3 Å². The number of carbonyl (C=O) groups excluding carboxylic acids is 3. The molecule has 2 heterocycles. The first kappa shape index (κ1) is 21.5. The van der Waals surface area contributed by atoms with Gasteiger partial charge in [0.1, 0.15) is 5.75 Å². The van der Waals surface area contributed by atoms with E-state index in [4.69, 9.17) is 4.74 Å². The second-order valence-electron chi connectivity index (χ2n) is 7.40. The maximum atomic E-state index is 12.6. The second kappa shape index (κ2) is 9.19. The van der Waals surface area contributed by atoms with E-state index in [1.54, 1.807) is 24.3 Å². The molecule has 0 bridgehead atoms. The number of thiazole rings is 1. The Hall–Kier alpha value is -3.72. The summed E-state index contributed by atoms with van der Waals surface area (Å²) >= 11 is 1.32. The van der Waals surface area contributed by atoms with E-state index in [0.717, 1.165) is 16.9 Å². The molecule has 2 aromatic carbocycles. The Balaban J connectivity index is 1.51. The summed E-state index contributed by atoms with van der Waals surface area (Å²) in [7, 11) is 0. The quantitative estimate of drug-likeness (QED) is 0.545. The van der Waals surface area contributed by atoms with E-state index in [1.165, 1.54) is 25.2 Å². The number of nitrogens with one attached hydrogen (secondary N) is 3. The van der Waals surface area contributed by atoms with Gasteiger partial charge in [-0.1, -0.05) is 6.07 Å². The minimum atomic E-state index is -0.317. The molecule has 1 aromatic heterocycles. The van der Waals surface area contributed by atoms with Crippen LogP contribution < -0.4 is 20.7 Å². The summed E-state index contributed by atoms with van der Waals surface area (Å²) in [5.41, 5.74) is 3.46. The summed E-state index contributed by atoms with van der Waals surface area (Å²) in [6.07, 6.45) is 0.700. The number of aromatic nitrogens is 1. The maximum Gasteiger partial charge on any atom is 0.257 e. The molecule has 3 N–H and O–H groups in total. The highest BCUT2D eigenvalue weighted by Crippen LogP contribution is 2.36. The summed E-state index contributed by atoms with van der Waals surface area (Å²) in [4.78, 5) is 39.9. The van der Waals surface area contributed by atoms with E-state index in [9.17, 15) is 14.4 Å². The molecule has 9 heteroatoms. The molecule has 1 aliphatic heterocycles. The number of hydrogen-bond acceptors (Lipinski definition) is 6. The standard InChI is InChI=1S/C23H22N4O4S/c1-13(28)24-17-5-3-4-16(10-17)22(30)27-23-26-20(12-32-23)15-6-7-21-18(11-15)19(8-9-31-21)25-14(2)29/h3-7,10-12,19H,8-9H2,1-2H3,(H,24,28)(H,25,29)(H,26,27,30). The first-order valence-corrected chi connectivity index (χ1v) is 11.0. The van der Waals surface area contributed by atoms with Crippen molar-refractivity contribution in [2.45, 2.75) is 26.3 Å². The molecule has 32 heavy (non-hydrogen) atoms. The zero-order chi connectivity index (χ0) is 22.7. The number of rotatable bonds is 5. The topological polar surface area (TPSA) is 109 Å². The predicted octanol–water partition coefficient (Wildman–Crippen LogP) is 3.98. The molecular formula is C23H22N4O4S. The van der Waals surface area contributed by atoms with Gasteiger partial charge >= 0.3 is 0 Å². The van der Waals surface area contributed by atoms with E-state index >= 15 is 0 Å². The fourth-order valence-corrected chi connectivity index (χ4v) is 4.24. The largest absolute Gasteiger partial charge is 0.493 e. The molecule has 3 aromatic rings. The van der Waals surface area contributed by atoms with Gasteiger partial charge in [0.05, 0.1) is 18.3 Å². The lowest BCUT2D eigenvalue weighted by Crippen LogP contribution is -2.30. The third-order valence-corrected chi connectivity index (χ3v) is 5.65. The Bertz CT molecular complexity index is 1190. The van der Waals surface area contributed by atoms with Crippen molar-refractivity contribution in [3.8, 4) is 17.0 Å². The lowest BCUT2D eigenvalue weighted by Gasteiger charge is -2.26. The van der Waals surface area contributed by atoms with Crippen molar-refractivity contribution in [3.63, 3.8) is 0 Å². The van der Waals surface area contributed by atoms with Gasteiger partial charge in [0.2, 0.25) is 11.8 Å². The molecular weight excluding hydrogens is 428 g/mol. The van der Waals surface area contributed by atoms with Gasteiger partial charge in [-0.05, 0) is 36.4 Å². The average Bonchev–Trinajstić information content (AvgIpc) is 3.21. The maximum absolute atomic E-state index is 12.6. The molecule has 0 aliphatic carbocycles. The predicted molar refractivity (Wildman–Crippen MR) is 123 cm³/mol. The minimum Gasteiger partial charge on any atom is -0.493 e. The molecule has 164 valence electrons. The van der Waals surface area contributed by atoms with Crippen molar-refractivity contribution in [3.05, 3.63) is 59.0 Å². The fraction of sp³-hybridized carbons (Fsp3) is 0.217. The van der Waals surface area contributed by atoms with Crippen LogP contribution in [0.25, 0.3) is 11.3 Å². The first-order valence-electron chi connectivity index (χ1n) is 10.1. The Kier molecular flexibility index (Phi) is 6.18. The number of anilines is 2. The number of nitrogens with zero attached hydrogens (tertiary/aromatic N) is 1. The SMILES string of the molecule is CC(=O)Nc1cccc(C(=O)Nc2nc(-c3ccc4c(c3)C(NC(C)=O)CCO4)cs2)c1. The molecule has 3 amide bonds. The molecule has 0 spiro atoms. The third-order valence-electron chi connectivity index (χ3n) is 4.89. The molecule has 1 unspecified atom stereocenters. The molecule has 1 atom stereocenters. The molecule has 0 saturated carbocycles. The number of amides is 3. The van der Waals surface area contributed by atoms with Crippen LogP contribution in [0.2, 0.25) is 0 Å². The Morgan fingerprint density at radius 1 is 1.06 bits per heavy atom. The van der Waals surface area contributed by atoms with Gasteiger partial charge in [0, 0.05) is 48.0 Å². The van der Waals surface area contributed by atoms with E-state index in [-0.39, 0.29) is 23.8 Å². The van der Waals surface area contributed by atoms with Gasteiger partial charge in [0.15, 0.2) is 5.13 Å². The number of ether oxygens (including phenoxy) is 1. The zero-order valence-corrected chi connectivity index (χ0v) is 18.4. The van der Waals surface area contributed by atoms with Crippen LogP contribution in [0.1, 0.15) is 42.2 Å². The highest BCUT2D eigenvalue weighted by Gasteiger charge is 2.23. The first-order chi connectivity index (χ1) is 15.4. The number of benzene rings is 2. The normalized spacial score (nSPS) is 14.6. The summed E-state index contributed by atoms with van der Waals surface area (Å²) in [6.45, 7) is 3.46. The van der Waals surface area contributed by atoms with Crippen LogP contribution in [0.15, 0.2) is 47.8 Å². The lowest BCUT2D eigenvalue weighted by molar-refractivity contribution is -0.120. The highest BCUT2D eigenvalue weighted by molar-refractivity contribution is 7.14. The number of fused-ring (bicyclic) bond motifs is 1. The van der Waals surface area contributed by atoms with Crippen molar-refractivity contribution in [1.29, 1.82) is 0 Å². The lowest BCUT2D eigenvalue weighted by atomic mass is 9.97. The molecule has 8 nitrogen and oxygen atoms in total. The van der Waals surface area contributed by atoms with Crippen molar-refractivity contribution in [2.24, 2.45) is 0 Å². The van der Waals surface area contributed by atoms with Crippen molar-refractivity contribution < 1.29 is 19.1 Å². The van der Waals surface area contributed by atoms with E-state index in [0.29, 0.717) is 35.1 Å². The average molecular weight is 451 g/mol. The Labute approximate surface area is 189 Å². The zero-order valence-electron chi connectivity index (χ0n) is 17.6. The van der Waals surface area contributed by atoms with Crippen LogP contribution in [0.4, 0.5) is 10.8 Å². The summed E-state index contributed by atoms with van der Waals surface area (Å²) in [5, 5.41) is 10.7. The molecule has 0 fully saturated rings. The van der Waals surface area contributed by atoms with Gasteiger partial charge in [-0.15, -0.1) is 11.3 Å². The van der Waals surface area contributed by atoms with Gasteiger partial charge < -0.3 is 15.4 Å². The Morgan fingerprint density at radius 2 is 1.91 bits per heavy atom. The third kappa shape index (κ3) is 4.94. The van der Waals surface area contributed by atoms with Crippen LogP contribution in [0.5, 0.6) is 5.75 Å². The Morgan fingerprint density at radius 3 is 2.69 bits per heavy atom. The van der Waals surface area contributed by atoms with Crippen LogP contribution in [0.3, 0.4) is 0 Å². The number of hydrogen-bond donors (Lipinski definition) is 3. The summed E-state index contributed by atoms with van der Waals surface area (Å²) in [5.74, 6) is 0.141. The summed E-state index contributed by atoms with van der Waals surface area (Å²) in [6, 6.07) is 12.3. The van der Waals surface area contributed by atoms with Crippen LogP contribution >= 0.6 is 11.3 Å². The smallest absolute Gasteiger partial charge is 0.257 e. The van der Waals surface area contributed by atoms with Gasteiger partial charge in [-0.25, -0.2) is 4.98 Å². The van der Waals surface area contributed by atoms with Gasteiger partial charge in [-0.3, -0.25) is 19.7 Å². The van der Waals surface area contributed by atoms with Gasteiger partial charge in [-0.2, -0.15) is 0 Å². The van der Waals surface area contributed by atoms with Crippen molar-refractivity contribution in [2.75, 3.05) is 17.2 Å². The van der Waals surface area contributed by atoms with Crippen LogP contribution in [-0.2, 0) is 9.59 Å². The monoisotopic (exact) mass is 450 g/mol. The fourth-order valence-electron chi connectivity index (χ4n) is 3.52. The molecule has 0 radical (unpaired) electrons.